The summed E-state index contributed by atoms with van der Waals surface area (Å²) in [5, 5.41) is 24.6. The number of aliphatic hydroxyl groups is 2. The van der Waals surface area contributed by atoms with E-state index < -0.39 is 11.5 Å². The topological polar surface area (TPSA) is 57.5 Å². The zero-order valence-corrected chi connectivity index (χ0v) is 30.8. The van der Waals surface area contributed by atoms with Gasteiger partial charge in [0.15, 0.2) is 5.78 Å². The Bertz CT molecular complexity index is 1030. The van der Waals surface area contributed by atoms with Crippen LogP contribution in [0.1, 0.15) is 160 Å². The van der Waals surface area contributed by atoms with Gasteiger partial charge in [-0.1, -0.05) is 119 Å². The molecule has 3 fully saturated rings. The van der Waals surface area contributed by atoms with Crippen molar-refractivity contribution in [2.24, 2.45) is 69.5 Å². The van der Waals surface area contributed by atoms with Gasteiger partial charge in [-0.2, -0.15) is 0 Å². The molecule has 13 unspecified atom stereocenters. The van der Waals surface area contributed by atoms with Crippen LogP contribution in [0.4, 0.5) is 0 Å². The summed E-state index contributed by atoms with van der Waals surface area (Å²) in [4.78, 5) is 12.8. The van der Waals surface area contributed by atoms with Gasteiger partial charge in [0.1, 0.15) is 0 Å². The molecule has 2 N–H and O–H groups in total. The summed E-state index contributed by atoms with van der Waals surface area (Å²) < 4.78 is 0. The van der Waals surface area contributed by atoms with E-state index in [2.05, 4.69) is 69.2 Å². The maximum Gasteiger partial charge on any atom is 0.158 e. The number of hydrogen-bond donors (Lipinski definition) is 2. The molecule has 4 aliphatic carbocycles. The molecule has 0 aromatic carbocycles. The molecule has 3 heteroatoms. The van der Waals surface area contributed by atoms with E-state index in [4.69, 9.17) is 0 Å². The fourth-order valence-corrected chi connectivity index (χ4v) is 12.6. The van der Waals surface area contributed by atoms with E-state index in [1.165, 1.54) is 70.6 Å². The van der Waals surface area contributed by atoms with Gasteiger partial charge < -0.3 is 10.2 Å². The zero-order chi connectivity index (χ0) is 32.8. The quantitative estimate of drug-likeness (QED) is 0.216. The van der Waals surface area contributed by atoms with E-state index in [-0.39, 0.29) is 34.6 Å². The van der Waals surface area contributed by atoms with Gasteiger partial charge in [0, 0.05) is 11.0 Å². The Morgan fingerprint density at radius 1 is 0.977 bits per heavy atom. The minimum absolute atomic E-state index is 0.0114. The van der Waals surface area contributed by atoms with Gasteiger partial charge in [-0.3, -0.25) is 4.79 Å². The predicted molar refractivity (Wildman–Crippen MR) is 185 cm³/mol. The number of aliphatic hydroxyl groups excluding tert-OH is 2. The first-order chi connectivity index (χ1) is 20.5. The Labute approximate surface area is 272 Å². The van der Waals surface area contributed by atoms with Gasteiger partial charge in [-0.25, -0.2) is 0 Å². The van der Waals surface area contributed by atoms with Crippen LogP contribution in [0.5, 0.6) is 0 Å². The number of ketones is 1. The van der Waals surface area contributed by atoms with Crippen molar-refractivity contribution in [2.45, 2.75) is 172 Å². The highest BCUT2D eigenvalue weighted by molar-refractivity contribution is 5.95. The first-order valence-corrected chi connectivity index (χ1v) is 19.1. The van der Waals surface area contributed by atoms with Crippen LogP contribution in [0, 0.1) is 69.5 Å². The average molecular weight is 613 g/mol. The molecule has 3 saturated carbocycles. The van der Waals surface area contributed by atoms with E-state index in [0.717, 1.165) is 24.3 Å². The second kappa shape index (κ2) is 13.8. The Morgan fingerprint density at radius 3 is 2.23 bits per heavy atom. The second-order valence-electron chi connectivity index (χ2n) is 18.3. The summed E-state index contributed by atoms with van der Waals surface area (Å²) in [7, 11) is 0. The van der Waals surface area contributed by atoms with Crippen molar-refractivity contribution in [1.82, 2.24) is 0 Å². The molecule has 0 spiro atoms. The van der Waals surface area contributed by atoms with Gasteiger partial charge in [-0.05, 0) is 110 Å². The third-order valence-electron chi connectivity index (χ3n) is 15.1. The van der Waals surface area contributed by atoms with E-state index >= 15 is 0 Å². The summed E-state index contributed by atoms with van der Waals surface area (Å²) in [6, 6.07) is 0. The predicted octanol–water partition coefficient (Wildman–Crippen LogP) is 10.4. The van der Waals surface area contributed by atoms with E-state index in [9.17, 15) is 15.0 Å². The summed E-state index contributed by atoms with van der Waals surface area (Å²) in [5.41, 5.74) is 1.21. The summed E-state index contributed by atoms with van der Waals surface area (Å²) >= 11 is 0. The monoisotopic (exact) mass is 613 g/mol. The lowest BCUT2D eigenvalue weighted by molar-refractivity contribution is -0.249. The summed E-state index contributed by atoms with van der Waals surface area (Å²) in [5.74, 6) is 4.47. The number of Topliss-reactive ketones (excluding diaryl/α,β-unsaturated/α-hetero) is 1. The molecule has 0 aromatic rings. The van der Waals surface area contributed by atoms with E-state index in [0.29, 0.717) is 41.1 Å². The number of rotatable bonds is 12. The largest absolute Gasteiger partial charge is 0.392 e. The van der Waals surface area contributed by atoms with Crippen molar-refractivity contribution in [3.8, 4) is 0 Å². The number of carbonyl (C=O) groups excluding carboxylic acids is 1. The Kier molecular flexibility index (Phi) is 11.4. The molecule has 4 aliphatic rings. The summed E-state index contributed by atoms with van der Waals surface area (Å²) in [6.45, 7) is 25.3. The van der Waals surface area contributed by atoms with Crippen molar-refractivity contribution in [3.05, 3.63) is 11.1 Å². The zero-order valence-electron chi connectivity index (χ0n) is 30.8. The minimum atomic E-state index is -0.767. The fraction of sp³-hybridized carbons (Fsp3) is 0.927. The molecule has 254 valence electrons. The van der Waals surface area contributed by atoms with Gasteiger partial charge in [0.2, 0.25) is 0 Å². The van der Waals surface area contributed by atoms with Gasteiger partial charge in [0.25, 0.3) is 0 Å². The highest BCUT2D eigenvalue weighted by Crippen LogP contribution is 2.72. The molecular formula is C41H72O3. The first kappa shape index (κ1) is 36.2. The fourth-order valence-electron chi connectivity index (χ4n) is 12.6. The molecule has 4 rings (SSSR count). The normalized spacial score (nSPS) is 44.6. The highest BCUT2D eigenvalue weighted by atomic mass is 16.3. The third kappa shape index (κ3) is 6.30. The van der Waals surface area contributed by atoms with Crippen LogP contribution in [0.25, 0.3) is 0 Å². The van der Waals surface area contributed by atoms with Crippen LogP contribution in [0.3, 0.4) is 0 Å². The molecule has 0 aliphatic heterocycles. The molecule has 0 amide bonds. The lowest BCUT2D eigenvalue weighted by atomic mass is 9.35. The Balaban J connectivity index is 1.56. The average Bonchev–Trinajstić information content (AvgIpc) is 2.91. The lowest BCUT2D eigenvalue weighted by Crippen LogP contribution is -2.68. The molecule has 0 saturated heterocycles. The van der Waals surface area contributed by atoms with Crippen molar-refractivity contribution in [1.29, 1.82) is 0 Å². The van der Waals surface area contributed by atoms with Crippen LogP contribution in [0.2, 0.25) is 0 Å². The number of allylic oxidation sites excluding steroid dienone is 1. The van der Waals surface area contributed by atoms with Gasteiger partial charge in [0.05, 0.1) is 12.2 Å². The van der Waals surface area contributed by atoms with E-state index in [1.54, 1.807) is 6.92 Å². The highest BCUT2D eigenvalue weighted by Gasteiger charge is 2.69. The maximum atomic E-state index is 12.8. The maximum absolute atomic E-state index is 12.8. The van der Waals surface area contributed by atoms with Crippen molar-refractivity contribution in [2.75, 3.05) is 0 Å². The molecule has 0 aromatic heterocycles. The Morgan fingerprint density at radius 2 is 1.61 bits per heavy atom. The van der Waals surface area contributed by atoms with Gasteiger partial charge >= 0.3 is 0 Å². The van der Waals surface area contributed by atoms with Crippen LogP contribution in [-0.4, -0.2) is 28.2 Å². The van der Waals surface area contributed by atoms with Crippen molar-refractivity contribution in [3.63, 3.8) is 0 Å². The molecular weight excluding hydrogens is 540 g/mol. The SMILES string of the molecule is CCCCCCCCC(C)CCC1CC(C(C)C)C2CC3(C)CC4(C)CC(C)=C(C(C)=O)C(O)C4(C)C(C)C3C(O)C2C1C. The molecule has 44 heavy (non-hydrogen) atoms. The van der Waals surface area contributed by atoms with Crippen LogP contribution in [0.15, 0.2) is 11.1 Å². The molecule has 3 nitrogen and oxygen atoms in total. The number of unbranched alkanes of at least 4 members (excludes halogenated alkanes) is 5. The molecule has 0 bridgehead atoms. The minimum Gasteiger partial charge on any atom is -0.392 e. The van der Waals surface area contributed by atoms with Gasteiger partial charge in [-0.15, -0.1) is 0 Å². The van der Waals surface area contributed by atoms with Crippen molar-refractivity contribution < 1.29 is 15.0 Å². The molecule has 13 atom stereocenters. The second-order valence-corrected chi connectivity index (χ2v) is 18.3. The standard InChI is InChI=1S/C41H72O3/c1-12-13-14-15-16-17-18-26(4)19-20-31-21-32(25(2)3)33-23-39(9)24-40(10)22-27(5)34(30(8)42)38(44)41(40,11)29(7)36(39)37(43)35(33)28(31)6/h25-26,28-29,31-33,35-38,43-44H,12-24H2,1-11H3. The van der Waals surface area contributed by atoms with E-state index in [1.807, 2.05) is 0 Å². The number of fused-ring (bicyclic) bond motifs is 3. The lowest BCUT2D eigenvalue weighted by Gasteiger charge is -2.70. The molecule has 0 heterocycles. The smallest absolute Gasteiger partial charge is 0.158 e. The van der Waals surface area contributed by atoms with Crippen LogP contribution < -0.4 is 0 Å². The first-order valence-electron chi connectivity index (χ1n) is 19.1. The van der Waals surface area contributed by atoms with Crippen molar-refractivity contribution >= 4 is 5.78 Å². The summed E-state index contributed by atoms with van der Waals surface area (Å²) in [6.07, 6.45) is 15.6. The molecule has 0 radical (unpaired) electrons. The third-order valence-corrected chi connectivity index (χ3v) is 15.1. The van der Waals surface area contributed by atoms with Crippen LogP contribution >= 0.6 is 0 Å². The Hall–Kier alpha value is -0.670. The number of hydrogen-bond acceptors (Lipinski definition) is 3. The van der Waals surface area contributed by atoms with Crippen LogP contribution in [-0.2, 0) is 4.79 Å². The number of carbonyl (C=O) groups is 1.